The van der Waals surface area contributed by atoms with E-state index >= 15 is 0 Å². The van der Waals surface area contributed by atoms with Crippen LogP contribution in [0.15, 0.2) is 46.8 Å². The largest absolute Gasteiger partial charge is 0.362 e. The first-order valence-corrected chi connectivity index (χ1v) is 10.2. The molecule has 29 heavy (non-hydrogen) atoms. The number of likely N-dealkylation sites (tertiary alicyclic amines) is 1. The highest BCUT2D eigenvalue weighted by Crippen LogP contribution is 2.43. The number of nitrogens with zero attached hydrogens (tertiary/aromatic N) is 2. The van der Waals surface area contributed by atoms with Crippen molar-refractivity contribution in [1.82, 2.24) is 10.2 Å². The van der Waals surface area contributed by atoms with Crippen LogP contribution in [-0.2, 0) is 9.59 Å². The molecule has 1 fully saturated rings. The highest BCUT2D eigenvalue weighted by atomic mass is 16.6. The second-order valence-corrected chi connectivity index (χ2v) is 7.97. The SMILES string of the molecule is CC1=C(C(=O)N2CCCCC2)[C@H](c2cccc([N+](=O)[O-])c2)C2=C(CCCC2=O)N1. The van der Waals surface area contributed by atoms with Gasteiger partial charge in [0.2, 0.25) is 0 Å². The zero-order valence-corrected chi connectivity index (χ0v) is 16.6. The van der Waals surface area contributed by atoms with Crippen LogP contribution in [0.2, 0.25) is 0 Å². The number of nitro benzene ring substituents is 1. The monoisotopic (exact) mass is 395 g/mol. The third-order valence-electron chi connectivity index (χ3n) is 6.06. The van der Waals surface area contributed by atoms with Crippen LogP contribution in [0, 0.1) is 10.1 Å². The summed E-state index contributed by atoms with van der Waals surface area (Å²) in [6.45, 7) is 3.28. The first-order chi connectivity index (χ1) is 14.0. The zero-order chi connectivity index (χ0) is 20.5. The Bertz CT molecular complexity index is 941. The summed E-state index contributed by atoms with van der Waals surface area (Å²) in [5.41, 5.74) is 3.33. The normalized spacial score (nSPS) is 22.3. The molecule has 7 heteroatoms. The molecule has 7 nitrogen and oxygen atoms in total. The number of carbonyl (C=O) groups is 2. The van der Waals surface area contributed by atoms with Gasteiger partial charge in [0.1, 0.15) is 0 Å². The molecule has 1 amide bonds. The number of piperidine rings is 1. The Morgan fingerprint density at radius 2 is 1.93 bits per heavy atom. The lowest BCUT2D eigenvalue weighted by molar-refractivity contribution is -0.384. The molecule has 3 aliphatic rings. The lowest BCUT2D eigenvalue weighted by Gasteiger charge is -2.37. The van der Waals surface area contributed by atoms with Crippen LogP contribution in [0.25, 0.3) is 0 Å². The van der Waals surface area contributed by atoms with Crippen molar-refractivity contribution in [3.8, 4) is 0 Å². The predicted octanol–water partition coefficient (Wildman–Crippen LogP) is 3.58. The van der Waals surface area contributed by atoms with Gasteiger partial charge in [-0.3, -0.25) is 19.7 Å². The molecule has 1 aliphatic carbocycles. The molecule has 4 rings (SSSR count). The second kappa shape index (κ2) is 7.81. The minimum Gasteiger partial charge on any atom is -0.362 e. The van der Waals surface area contributed by atoms with E-state index in [2.05, 4.69) is 5.32 Å². The van der Waals surface area contributed by atoms with Crippen molar-refractivity contribution < 1.29 is 14.5 Å². The molecule has 0 saturated carbocycles. The Morgan fingerprint density at radius 1 is 1.17 bits per heavy atom. The van der Waals surface area contributed by atoms with Crippen LogP contribution in [0.5, 0.6) is 0 Å². The average Bonchev–Trinajstić information content (AvgIpc) is 2.73. The van der Waals surface area contributed by atoms with Gasteiger partial charge in [-0.2, -0.15) is 0 Å². The molecule has 1 atom stereocenters. The Hall–Kier alpha value is -2.96. The van der Waals surface area contributed by atoms with Crippen molar-refractivity contribution in [2.24, 2.45) is 0 Å². The molecule has 0 unspecified atom stereocenters. The van der Waals surface area contributed by atoms with Gasteiger partial charge in [0.25, 0.3) is 11.6 Å². The average molecular weight is 395 g/mol. The van der Waals surface area contributed by atoms with Crippen molar-refractivity contribution in [1.29, 1.82) is 0 Å². The van der Waals surface area contributed by atoms with Gasteiger partial charge in [-0.1, -0.05) is 12.1 Å². The van der Waals surface area contributed by atoms with Crippen LogP contribution < -0.4 is 5.32 Å². The molecule has 0 spiro atoms. The smallest absolute Gasteiger partial charge is 0.269 e. The van der Waals surface area contributed by atoms with E-state index in [0.717, 1.165) is 43.5 Å². The Balaban J connectivity index is 1.84. The summed E-state index contributed by atoms with van der Waals surface area (Å²) in [4.78, 5) is 39.2. The topological polar surface area (TPSA) is 92.6 Å². The number of hydrogen-bond donors (Lipinski definition) is 1. The summed E-state index contributed by atoms with van der Waals surface area (Å²) in [6, 6.07) is 6.35. The summed E-state index contributed by atoms with van der Waals surface area (Å²) in [5.74, 6) is -0.615. The molecule has 152 valence electrons. The summed E-state index contributed by atoms with van der Waals surface area (Å²) in [6.07, 6.45) is 5.02. The van der Waals surface area contributed by atoms with Gasteiger partial charge in [0, 0.05) is 60.1 Å². The van der Waals surface area contributed by atoms with E-state index in [1.165, 1.54) is 12.1 Å². The summed E-state index contributed by atoms with van der Waals surface area (Å²) in [7, 11) is 0. The Morgan fingerprint density at radius 3 is 2.66 bits per heavy atom. The standard InChI is InChI=1S/C22H25N3O4/c1-14-19(22(27)24-11-3-2-4-12-24)20(15-7-5-8-16(13-15)25(28)29)21-17(23-14)9-6-10-18(21)26/h5,7-8,13,20,23H,2-4,6,9-12H2,1H3/t20-/m0/s1. The maximum Gasteiger partial charge on any atom is 0.269 e. The van der Waals surface area contributed by atoms with E-state index in [4.69, 9.17) is 0 Å². The number of rotatable bonds is 3. The fourth-order valence-electron chi connectivity index (χ4n) is 4.69. The van der Waals surface area contributed by atoms with E-state index in [1.54, 1.807) is 12.1 Å². The molecule has 1 N–H and O–H groups in total. The van der Waals surface area contributed by atoms with Gasteiger partial charge in [-0.05, 0) is 44.6 Å². The highest BCUT2D eigenvalue weighted by Gasteiger charge is 2.40. The Kier molecular flexibility index (Phi) is 5.22. The molecular formula is C22H25N3O4. The number of allylic oxidation sites excluding steroid dienone is 3. The van der Waals surface area contributed by atoms with Crippen molar-refractivity contribution >= 4 is 17.4 Å². The lowest BCUT2D eigenvalue weighted by atomic mass is 9.74. The number of Topliss-reactive ketones (excluding diaryl/α,β-unsaturated/α-hetero) is 1. The van der Waals surface area contributed by atoms with Gasteiger partial charge in [0.05, 0.1) is 4.92 Å². The van der Waals surface area contributed by atoms with Gasteiger partial charge < -0.3 is 10.2 Å². The fraction of sp³-hybridized carbons (Fsp3) is 0.455. The van der Waals surface area contributed by atoms with Gasteiger partial charge in [-0.25, -0.2) is 0 Å². The number of nitrogens with one attached hydrogen (secondary N) is 1. The van der Waals surface area contributed by atoms with Crippen molar-refractivity contribution in [3.05, 3.63) is 62.5 Å². The minimum atomic E-state index is -0.562. The number of non-ortho nitro benzene ring substituents is 1. The lowest BCUT2D eigenvalue weighted by Crippen LogP contribution is -2.42. The summed E-state index contributed by atoms with van der Waals surface area (Å²) < 4.78 is 0. The first-order valence-electron chi connectivity index (χ1n) is 10.2. The summed E-state index contributed by atoms with van der Waals surface area (Å²) >= 11 is 0. The first kappa shape index (κ1) is 19.4. The van der Waals surface area contributed by atoms with Crippen molar-refractivity contribution in [2.75, 3.05) is 13.1 Å². The molecule has 1 aromatic rings. The third kappa shape index (κ3) is 3.57. The molecule has 2 heterocycles. The molecule has 0 bridgehead atoms. The van der Waals surface area contributed by atoms with E-state index in [1.807, 2.05) is 11.8 Å². The van der Waals surface area contributed by atoms with Crippen LogP contribution in [0.1, 0.15) is 56.9 Å². The summed E-state index contributed by atoms with van der Waals surface area (Å²) in [5, 5.41) is 14.7. The molecular weight excluding hydrogens is 370 g/mol. The number of dihydropyridines is 1. The molecule has 2 aliphatic heterocycles. The van der Waals surface area contributed by atoms with Crippen LogP contribution >= 0.6 is 0 Å². The van der Waals surface area contributed by atoms with Gasteiger partial charge >= 0.3 is 0 Å². The minimum absolute atomic E-state index is 0.0201. The van der Waals surface area contributed by atoms with Crippen LogP contribution in [-0.4, -0.2) is 34.6 Å². The number of hydrogen-bond acceptors (Lipinski definition) is 5. The van der Waals surface area contributed by atoms with Gasteiger partial charge in [0.15, 0.2) is 5.78 Å². The van der Waals surface area contributed by atoms with E-state index in [0.29, 0.717) is 36.2 Å². The fourth-order valence-corrected chi connectivity index (χ4v) is 4.69. The van der Waals surface area contributed by atoms with Crippen molar-refractivity contribution in [2.45, 2.75) is 51.4 Å². The molecule has 0 radical (unpaired) electrons. The van der Waals surface area contributed by atoms with E-state index in [9.17, 15) is 19.7 Å². The highest BCUT2D eigenvalue weighted by molar-refractivity contribution is 6.05. The number of carbonyl (C=O) groups excluding carboxylic acids is 2. The zero-order valence-electron chi connectivity index (χ0n) is 16.6. The maximum atomic E-state index is 13.5. The number of nitro groups is 1. The van der Waals surface area contributed by atoms with E-state index < -0.39 is 10.8 Å². The quantitative estimate of drug-likeness (QED) is 0.624. The maximum absolute atomic E-state index is 13.5. The van der Waals surface area contributed by atoms with Crippen molar-refractivity contribution in [3.63, 3.8) is 0 Å². The third-order valence-corrected chi connectivity index (χ3v) is 6.06. The number of ketones is 1. The molecule has 1 saturated heterocycles. The molecule has 1 aromatic carbocycles. The van der Waals surface area contributed by atoms with Gasteiger partial charge in [-0.15, -0.1) is 0 Å². The number of amides is 1. The molecule has 0 aromatic heterocycles. The predicted molar refractivity (Wildman–Crippen MR) is 108 cm³/mol. The second-order valence-electron chi connectivity index (χ2n) is 7.97. The number of benzene rings is 1. The van der Waals surface area contributed by atoms with E-state index in [-0.39, 0.29) is 17.4 Å². The van der Waals surface area contributed by atoms with Crippen LogP contribution in [0.4, 0.5) is 5.69 Å². The van der Waals surface area contributed by atoms with Crippen LogP contribution in [0.3, 0.4) is 0 Å². The Labute approximate surface area is 169 Å².